The molecule has 1 aliphatic rings. The van der Waals surface area contributed by atoms with Crippen molar-refractivity contribution in [2.45, 2.75) is 25.8 Å². The topological polar surface area (TPSA) is 158 Å². The van der Waals surface area contributed by atoms with Crippen LogP contribution in [0, 0.1) is 0 Å². The van der Waals surface area contributed by atoms with Crippen LogP contribution in [-0.2, 0) is 25.6 Å². The fourth-order valence-electron chi connectivity index (χ4n) is 3.84. The number of nitrogens with one attached hydrogen (secondary N) is 2. The standard InChI is InChI=1S/C23H25N3O4.C2H2O4/c1-3-30-21-7-5-4-6-20(21)26-22(27)13-19(23(26)28)24-11-10-15-14-25-18-9-8-16(29-2)12-17(15)18;3-1(4)2(5)6/h4-9,12,14,19,24-25H,3,10-11,13H2,1-2H3;(H,3,4)(H,5,6). The number of carboxylic acid groups (broad SMARTS) is 2. The first-order valence-corrected chi connectivity index (χ1v) is 11.2. The van der Waals surface area contributed by atoms with Gasteiger partial charge in [0.05, 0.1) is 31.9 Å². The van der Waals surface area contributed by atoms with Gasteiger partial charge in [0.2, 0.25) is 5.91 Å². The number of amides is 2. The monoisotopic (exact) mass is 497 g/mol. The number of nitrogens with zero attached hydrogens (tertiary/aromatic N) is 1. The van der Waals surface area contributed by atoms with Crippen molar-refractivity contribution in [1.82, 2.24) is 10.3 Å². The molecule has 1 saturated heterocycles. The van der Waals surface area contributed by atoms with E-state index in [0.29, 0.717) is 24.6 Å². The highest BCUT2D eigenvalue weighted by Crippen LogP contribution is 2.32. The van der Waals surface area contributed by atoms with Crippen molar-refractivity contribution in [3.63, 3.8) is 0 Å². The molecule has 0 radical (unpaired) electrons. The number of rotatable bonds is 8. The van der Waals surface area contributed by atoms with Gasteiger partial charge in [0.25, 0.3) is 5.91 Å². The zero-order valence-corrected chi connectivity index (χ0v) is 19.8. The molecule has 3 aromatic rings. The first-order valence-electron chi connectivity index (χ1n) is 11.2. The molecule has 1 unspecified atom stereocenters. The first kappa shape index (κ1) is 26.2. The molecule has 190 valence electrons. The van der Waals surface area contributed by atoms with Gasteiger partial charge in [-0.15, -0.1) is 0 Å². The van der Waals surface area contributed by atoms with Crippen molar-refractivity contribution in [1.29, 1.82) is 0 Å². The summed E-state index contributed by atoms with van der Waals surface area (Å²) in [4.78, 5) is 48.2. The Labute approximate surface area is 206 Å². The molecule has 4 rings (SSSR count). The van der Waals surface area contributed by atoms with Crippen molar-refractivity contribution in [2.24, 2.45) is 0 Å². The number of hydrogen-bond donors (Lipinski definition) is 4. The number of H-pyrrole nitrogens is 1. The van der Waals surface area contributed by atoms with Crippen LogP contribution in [0.2, 0.25) is 0 Å². The minimum Gasteiger partial charge on any atom is -0.497 e. The van der Waals surface area contributed by atoms with Crippen LogP contribution >= 0.6 is 0 Å². The number of anilines is 1. The molecule has 4 N–H and O–H groups in total. The Bertz CT molecular complexity index is 1260. The molecule has 1 atom stereocenters. The molecular weight excluding hydrogens is 470 g/mol. The summed E-state index contributed by atoms with van der Waals surface area (Å²) >= 11 is 0. The maximum absolute atomic E-state index is 12.9. The van der Waals surface area contributed by atoms with E-state index in [-0.39, 0.29) is 18.2 Å². The third-order valence-corrected chi connectivity index (χ3v) is 5.50. The lowest BCUT2D eigenvalue weighted by Crippen LogP contribution is -2.39. The molecule has 2 aromatic carbocycles. The number of benzene rings is 2. The number of hydrogen-bond acceptors (Lipinski definition) is 7. The molecule has 36 heavy (non-hydrogen) atoms. The SMILES string of the molecule is CCOc1ccccc1N1C(=O)CC(NCCc2c[nH]c3ccc(OC)cc23)C1=O.O=C(O)C(=O)O. The molecule has 2 amide bonds. The van der Waals surface area contributed by atoms with Gasteiger partial charge in [0.1, 0.15) is 11.5 Å². The molecule has 0 spiro atoms. The van der Waals surface area contributed by atoms with Gasteiger partial charge in [0, 0.05) is 23.6 Å². The predicted molar refractivity (Wildman–Crippen MR) is 130 cm³/mol. The fourth-order valence-corrected chi connectivity index (χ4v) is 3.84. The average molecular weight is 498 g/mol. The average Bonchev–Trinajstić information content (AvgIpc) is 3.39. The van der Waals surface area contributed by atoms with E-state index in [1.807, 2.05) is 37.4 Å². The number of imide groups is 1. The van der Waals surface area contributed by atoms with Crippen LogP contribution in [0.4, 0.5) is 5.69 Å². The number of aromatic amines is 1. The largest absolute Gasteiger partial charge is 0.497 e. The Morgan fingerprint density at radius 2 is 1.86 bits per heavy atom. The Morgan fingerprint density at radius 3 is 2.53 bits per heavy atom. The molecule has 0 saturated carbocycles. The van der Waals surface area contributed by atoms with Gasteiger partial charge >= 0.3 is 11.9 Å². The summed E-state index contributed by atoms with van der Waals surface area (Å²) in [5.41, 5.74) is 2.67. The fraction of sp³-hybridized carbons (Fsp3) is 0.280. The Balaban J connectivity index is 0.000000538. The molecule has 1 fully saturated rings. The van der Waals surface area contributed by atoms with E-state index in [2.05, 4.69) is 10.3 Å². The van der Waals surface area contributed by atoms with Gasteiger partial charge in [-0.25, -0.2) is 14.5 Å². The van der Waals surface area contributed by atoms with Gasteiger partial charge < -0.3 is 30.0 Å². The van der Waals surface area contributed by atoms with E-state index in [9.17, 15) is 9.59 Å². The Kier molecular flexibility index (Phi) is 8.63. The zero-order valence-electron chi connectivity index (χ0n) is 19.8. The summed E-state index contributed by atoms with van der Waals surface area (Å²) in [5, 5.41) is 19.1. The van der Waals surface area contributed by atoms with Crippen LogP contribution in [0.5, 0.6) is 11.5 Å². The summed E-state index contributed by atoms with van der Waals surface area (Å²) in [7, 11) is 1.65. The summed E-state index contributed by atoms with van der Waals surface area (Å²) in [6.45, 7) is 2.91. The molecule has 1 aliphatic heterocycles. The van der Waals surface area contributed by atoms with E-state index in [4.69, 9.17) is 29.3 Å². The minimum absolute atomic E-state index is 0.140. The molecule has 11 heteroatoms. The second-order valence-corrected chi connectivity index (χ2v) is 7.76. The van der Waals surface area contributed by atoms with Crippen molar-refractivity contribution in [2.75, 3.05) is 25.2 Å². The smallest absolute Gasteiger partial charge is 0.414 e. The molecular formula is C25H27N3O8. The van der Waals surface area contributed by atoms with E-state index in [1.165, 1.54) is 4.90 Å². The van der Waals surface area contributed by atoms with Crippen LogP contribution in [0.3, 0.4) is 0 Å². The van der Waals surface area contributed by atoms with Gasteiger partial charge in [0.15, 0.2) is 0 Å². The lowest BCUT2D eigenvalue weighted by atomic mass is 10.1. The van der Waals surface area contributed by atoms with Crippen LogP contribution in [0.1, 0.15) is 18.9 Å². The summed E-state index contributed by atoms with van der Waals surface area (Å²) in [6.07, 6.45) is 2.83. The summed E-state index contributed by atoms with van der Waals surface area (Å²) in [5.74, 6) is -2.77. The van der Waals surface area contributed by atoms with Crippen molar-refractivity contribution in [3.05, 3.63) is 54.2 Å². The number of methoxy groups -OCH3 is 1. The van der Waals surface area contributed by atoms with Crippen molar-refractivity contribution < 1.29 is 38.9 Å². The number of fused-ring (bicyclic) bond motifs is 1. The summed E-state index contributed by atoms with van der Waals surface area (Å²) < 4.78 is 10.9. The zero-order chi connectivity index (χ0) is 26.2. The second-order valence-electron chi connectivity index (χ2n) is 7.76. The van der Waals surface area contributed by atoms with E-state index in [1.54, 1.807) is 25.3 Å². The van der Waals surface area contributed by atoms with Crippen LogP contribution < -0.4 is 19.7 Å². The number of carbonyl (C=O) groups excluding carboxylic acids is 2. The molecule has 11 nitrogen and oxygen atoms in total. The highest BCUT2D eigenvalue weighted by atomic mass is 16.5. The van der Waals surface area contributed by atoms with Gasteiger partial charge in [-0.2, -0.15) is 0 Å². The number of para-hydroxylation sites is 2. The van der Waals surface area contributed by atoms with Crippen LogP contribution in [0.15, 0.2) is 48.7 Å². The third kappa shape index (κ3) is 5.99. The third-order valence-electron chi connectivity index (χ3n) is 5.50. The summed E-state index contributed by atoms with van der Waals surface area (Å²) in [6, 6.07) is 12.5. The minimum atomic E-state index is -1.82. The lowest BCUT2D eigenvalue weighted by molar-refractivity contribution is -0.159. The van der Waals surface area contributed by atoms with E-state index < -0.39 is 18.0 Å². The Hall–Kier alpha value is -4.38. The van der Waals surface area contributed by atoms with Crippen LogP contribution in [0.25, 0.3) is 10.9 Å². The van der Waals surface area contributed by atoms with Gasteiger partial charge in [-0.05, 0) is 49.2 Å². The molecule has 0 aliphatic carbocycles. The predicted octanol–water partition coefficient (Wildman–Crippen LogP) is 2.19. The quantitative estimate of drug-likeness (QED) is 0.270. The van der Waals surface area contributed by atoms with Crippen LogP contribution in [-0.4, -0.2) is 65.3 Å². The number of aromatic nitrogens is 1. The number of aliphatic carboxylic acids is 2. The van der Waals surface area contributed by atoms with E-state index in [0.717, 1.165) is 28.6 Å². The lowest BCUT2D eigenvalue weighted by Gasteiger charge is -2.18. The number of ether oxygens (including phenoxy) is 2. The Morgan fingerprint density at radius 1 is 1.14 bits per heavy atom. The van der Waals surface area contributed by atoms with Crippen molar-refractivity contribution >= 4 is 40.3 Å². The molecule has 1 aromatic heterocycles. The maximum atomic E-state index is 12.9. The highest BCUT2D eigenvalue weighted by Gasteiger charge is 2.40. The molecule has 2 heterocycles. The van der Waals surface area contributed by atoms with E-state index >= 15 is 0 Å². The normalized spacial score (nSPS) is 14.9. The number of carboxylic acids is 2. The maximum Gasteiger partial charge on any atom is 0.414 e. The van der Waals surface area contributed by atoms with Crippen molar-refractivity contribution in [3.8, 4) is 11.5 Å². The first-order chi connectivity index (χ1) is 17.3. The number of carbonyl (C=O) groups is 4. The second kappa shape index (κ2) is 11.8. The van der Waals surface area contributed by atoms with Gasteiger partial charge in [-0.1, -0.05) is 12.1 Å². The highest BCUT2D eigenvalue weighted by molar-refractivity contribution is 6.27. The van der Waals surface area contributed by atoms with Gasteiger partial charge in [-0.3, -0.25) is 9.59 Å². The molecule has 0 bridgehead atoms.